The molecule has 1 aromatic heterocycles. The first-order chi connectivity index (χ1) is 16.3. The molecule has 0 atom stereocenters. The first-order valence-corrected chi connectivity index (χ1v) is 12.2. The molecule has 0 radical (unpaired) electrons. The number of ether oxygens (including phenoxy) is 1. The monoisotopic (exact) mass is 536 g/mol. The highest BCUT2D eigenvalue weighted by Gasteiger charge is 2.32. The predicted octanol–water partition coefficient (Wildman–Crippen LogP) is 6.70. The van der Waals surface area contributed by atoms with Gasteiger partial charge in [-0.25, -0.2) is 4.98 Å². The van der Waals surface area contributed by atoms with Crippen LogP contribution in [0.1, 0.15) is 31.2 Å². The molecular weight excluding hydrogens is 509 g/mol. The summed E-state index contributed by atoms with van der Waals surface area (Å²) >= 11 is 3.20. The number of hydrogen-bond donors (Lipinski definition) is 3. The van der Waals surface area contributed by atoms with Crippen molar-refractivity contribution in [1.82, 2.24) is 10.3 Å². The molecule has 5 nitrogen and oxygen atoms in total. The van der Waals surface area contributed by atoms with E-state index in [-0.39, 0.29) is 5.75 Å². The number of aromatic nitrogens is 1. The highest BCUT2D eigenvalue weighted by atomic mass is 79.9. The minimum atomic E-state index is -4.71. The van der Waals surface area contributed by atoms with Crippen LogP contribution in [0.3, 0.4) is 0 Å². The summed E-state index contributed by atoms with van der Waals surface area (Å²) in [6.45, 7) is 1.08. The standard InChI is InChI=1S/C25H28BrF3N4O/c1-30-22-13-24(33-21-5-3-2-4-20(21)22)32-19-10-6-16(7-11-19)14-31-15-17-8-9-18(26)12-23(17)34-25(27,28)29/h2-5,8-9,12-13,16,19,31H,6-7,10-11,14-15H2,1H3,(H2,30,32,33). The number of hydrogen-bond acceptors (Lipinski definition) is 5. The fourth-order valence-electron chi connectivity index (χ4n) is 4.48. The summed E-state index contributed by atoms with van der Waals surface area (Å²) in [6, 6.07) is 15.2. The number of pyridine rings is 1. The van der Waals surface area contributed by atoms with E-state index in [1.807, 2.05) is 25.2 Å². The Bertz CT molecular complexity index is 1120. The van der Waals surface area contributed by atoms with Gasteiger partial charge in [0, 0.05) is 46.8 Å². The number of halogens is 4. The van der Waals surface area contributed by atoms with Crippen molar-refractivity contribution in [3.05, 3.63) is 58.6 Å². The largest absolute Gasteiger partial charge is 0.573 e. The molecule has 9 heteroatoms. The van der Waals surface area contributed by atoms with Crippen molar-refractivity contribution in [2.24, 2.45) is 5.92 Å². The number of fused-ring (bicyclic) bond motifs is 1. The lowest BCUT2D eigenvalue weighted by molar-refractivity contribution is -0.274. The fourth-order valence-corrected chi connectivity index (χ4v) is 4.82. The summed E-state index contributed by atoms with van der Waals surface area (Å²) in [5, 5.41) is 11.2. The topological polar surface area (TPSA) is 58.2 Å². The average Bonchev–Trinajstić information content (AvgIpc) is 2.80. The van der Waals surface area contributed by atoms with Crippen LogP contribution in [0, 0.1) is 5.92 Å². The maximum atomic E-state index is 12.7. The van der Waals surface area contributed by atoms with Crippen LogP contribution in [-0.4, -0.2) is 31.0 Å². The van der Waals surface area contributed by atoms with Crippen LogP contribution in [0.4, 0.5) is 24.7 Å². The molecule has 1 fully saturated rings. The summed E-state index contributed by atoms with van der Waals surface area (Å²) < 4.78 is 42.8. The van der Waals surface area contributed by atoms with Gasteiger partial charge in [0.05, 0.1) is 5.52 Å². The molecule has 1 aliphatic carbocycles. The Hall–Kier alpha value is -2.52. The lowest BCUT2D eigenvalue weighted by Gasteiger charge is -2.30. The molecule has 3 aromatic rings. The SMILES string of the molecule is CNc1cc(NC2CCC(CNCc3ccc(Br)cc3OC(F)(F)F)CC2)nc2ccccc12. The van der Waals surface area contributed by atoms with Gasteiger partial charge in [-0.05, 0) is 56.3 Å². The van der Waals surface area contributed by atoms with Crippen LogP contribution in [0.25, 0.3) is 10.9 Å². The number of benzene rings is 2. The molecule has 0 amide bonds. The molecule has 0 saturated heterocycles. The number of nitrogens with zero attached hydrogens (tertiary/aromatic N) is 1. The Kier molecular flexibility index (Phi) is 7.83. The van der Waals surface area contributed by atoms with Crippen molar-refractivity contribution < 1.29 is 17.9 Å². The zero-order valence-electron chi connectivity index (χ0n) is 18.9. The molecule has 3 N–H and O–H groups in total. The molecule has 34 heavy (non-hydrogen) atoms. The van der Waals surface area contributed by atoms with E-state index in [0.717, 1.165) is 54.6 Å². The summed E-state index contributed by atoms with van der Waals surface area (Å²) in [4.78, 5) is 4.76. The van der Waals surface area contributed by atoms with Crippen molar-refractivity contribution in [3.8, 4) is 5.75 Å². The van der Waals surface area contributed by atoms with Crippen LogP contribution in [0.5, 0.6) is 5.75 Å². The Morgan fingerprint density at radius 3 is 2.56 bits per heavy atom. The zero-order valence-corrected chi connectivity index (χ0v) is 20.5. The number of anilines is 2. The lowest BCUT2D eigenvalue weighted by atomic mass is 9.86. The van der Waals surface area contributed by atoms with Crippen LogP contribution < -0.4 is 20.7 Å². The second kappa shape index (κ2) is 10.8. The van der Waals surface area contributed by atoms with Gasteiger partial charge in [0.15, 0.2) is 0 Å². The third-order valence-electron chi connectivity index (χ3n) is 6.19. The van der Waals surface area contributed by atoms with E-state index in [1.54, 1.807) is 12.1 Å². The lowest BCUT2D eigenvalue weighted by Crippen LogP contribution is -2.31. The Balaban J connectivity index is 1.27. The van der Waals surface area contributed by atoms with Gasteiger partial charge < -0.3 is 20.7 Å². The molecule has 182 valence electrons. The van der Waals surface area contributed by atoms with E-state index in [1.165, 1.54) is 6.07 Å². The van der Waals surface area contributed by atoms with Crippen molar-refractivity contribution in [1.29, 1.82) is 0 Å². The van der Waals surface area contributed by atoms with E-state index in [0.29, 0.717) is 28.5 Å². The maximum absolute atomic E-state index is 12.7. The molecule has 0 spiro atoms. The van der Waals surface area contributed by atoms with Crippen molar-refractivity contribution >= 4 is 38.3 Å². The third kappa shape index (κ3) is 6.54. The van der Waals surface area contributed by atoms with Crippen LogP contribution in [0.2, 0.25) is 0 Å². The quantitative estimate of drug-likeness (QED) is 0.299. The molecule has 1 heterocycles. The van der Waals surface area contributed by atoms with E-state index >= 15 is 0 Å². The summed E-state index contributed by atoms with van der Waals surface area (Å²) in [5.74, 6) is 1.18. The van der Waals surface area contributed by atoms with E-state index in [2.05, 4.69) is 48.7 Å². The van der Waals surface area contributed by atoms with Crippen molar-refractivity contribution in [2.45, 2.75) is 44.6 Å². The molecule has 1 aliphatic rings. The molecular formula is C25H28BrF3N4O. The van der Waals surface area contributed by atoms with Crippen LogP contribution >= 0.6 is 15.9 Å². The number of para-hydroxylation sites is 1. The average molecular weight is 537 g/mol. The van der Waals surface area contributed by atoms with Gasteiger partial charge in [-0.1, -0.05) is 40.2 Å². The second-order valence-corrected chi connectivity index (χ2v) is 9.53. The predicted molar refractivity (Wildman–Crippen MR) is 133 cm³/mol. The maximum Gasteiger partial charge on any atom is 0.573 e. The molecule has 1 saturated carbocycles. The fraction of sp³-hybridized carbons (Fsp3) is 0.400. The Labute approximate surface area is 205 Å². The minimum Gasteiger partial charge on any atom is -0.405 e. The van der Waals surface area contributed by atoms with E-state index in [9.17, 15) is 13.2 Å². The Morgan fingerprint density at radius 2 is 1.82 bits per heavy atom. The van der Waals surface area contributed by atoms with Crippen LogP contribution in [-0.2, 0) is 6.54 Å². The van der Waals surface area contributed by atoms with Gasteiger partial charge in [0.1, 0.15) is 11.6 Å². The van der Waals surface area contributed by atoms with Gasteiger partial charge in [-0.3, -0.25) is 0 Å². The molecule has 4 rings (SSSR count). The normalized spacial score (nSPS) is 18.6. The molecule has 2 aromatic carbocycles. The number of alkyl halides is 3. The summed E-state index contributed by atoms with van der Waals surface area (Å²) in [6.07, 6.45) is -0.575. The molecule has 0 aliphatic heterocycles. The zero-order chi connectivity index (χ0) is 24.1. The van der Waals surface area contributed by atoms with Gasteiger partial charge >= 0.3 is 6.36 Å². The highest BCUT2D eigenvalue weighted by molar-refractivity contribution is 9.10. The number of rotatable bonds is 8. The highest BCUT2D eigenvalue weighted by Crippen LogP contribution is 2.31. The summed E-state index contributed by atoms with van der Waals surface area (Å²) in [7, 11) is 1.91. The van der Waals surface area contributed by atoms with Gasteiger partial charge in [0.25, 0.3) is 0 Å². The van der Waals surface area contributed by atoms with E-state index < -0.39 is 6.36 Å². The van der Waals surface area contributed by atoms with Gasteiger partial charge in [-0.2, -0.15) is 0 Å². The van der Waals surface area contributed by atoms with Crippen molar-refractivity contribution in [2.75, 3.05) is 24.2 Å². The van der Waals surface area contributed by atoms with Crippen molar-refractivity contribution in [3.63, 3.8) is 0 Å². The molecule has 0 unspecified atom stereocenters. The first kappa shape index (κ1) is 24.6. The summed E-state index contributed by atoms with van der Waals surface area (Å²) in [5.41, 5.74) is 2.49. The third-order valence-corrected chi connectivity index (χ3v) is 6.68. The number of nitrogens with one attached hydrogen (secondary N) is 3. The van der Waals surface area contributed by atoms with Gasteiger partial charge in [-0.15, -0.1) is 13.2 Å². The minimum absolute atomic E-state index is 0.175. The second-order valence-electron chi connectivity index (χ2n) is 8.61. The molecule has 0 bridgehead atoms. The smallest absolute Gasteiger partial charge is 0.405 e. The van der Waals surface area contributed by atoms with Gasteiger partial charge in [0.2, 0.25) is 0 Å². The van der Waals surface area contributed by atoms with E-state index in [4.69, 9.17) is 4.98 Å². The first-order valence-electron chi connectivity index (χ1n) is 11.4. The van der Waals surface area contributed by atoms with Crippen LogP contribution in [0.15, 0.2) is 53.0 Å². The Morgan fingerprint density at radius 1 is 1.06 bits per heavy atom.